The number of carbonyl (C=O) groups is 2. The standard InChI is InChI=1S/C21H30O5/c1-12-14(7-6-13-10-18(25-5)26-19(13)24)21(4)9-8-17(23)20(2,3)16(21)11-15(12)22/h10,16-18,23H,6-9,11H2,1-5H3/t16-,17+,18?,21+/m0/s1. The van der Waals surface area contributed by atoms with E-state index in [1.54, 1.807) is 6.08 Å². The maximum atomic E-state index is 12.7. The minimum Gasteiger partial charge on any atom is -0.429 e. The Morgan fingerprint density at radius 2 is 1.96 bits per heavy atom. The van der Waals surface area contributed by atoms with Crippen molar-refractivity contribution in [2.75, 3.05) is 7.11 Å². The molecular weight excluding hydrogens is 332 g/mol. The number of Topliss-reactive ketones (excluding diaryl/α,β-unsaturated/α-hetero) is 1. The second kappa shape index (κ2) is 6.61. The van der Waals surface area contributed by atoms with Crippen molar-refractivity contribution >= 4 is 11.8 Å². The zero-order valence-electron chi connectivity index (χ0n) is 16.4. The molecule has 5 nitrogen and oxygen atoms in total. The first-order valence-corrected chi connectivity index (χ1v) is 9.47. The van der Waals surface area contributed by atoms with Crippen LogP contribution in [0.5, 0.6) is 0 Å². The van der Waals surface area contributed by atoms with Crippen LogP contribution in [0.3, 0.4) is 0 Å². The van der Waals surface area contributed by atoms with Gasteiger partial charge in [0, 0.05) is 19.1 Å². The summed E-state index contributed by atoms with van der Waals surface area (Å²) in [6.07, 6.45) is 4.03. The van der Waals surface area contributed by atoms with Gasteiger partial charge in [0.25, 0.3) is 0 Å². The van der Waals surface area contributed by atoms with Crippen LogP contribution in [0.1, 0.15) is 59.8 Å². The summed E-state index contributed by atoms with van der Waals surface area (Å²) in [4.78, 5) is 24.7. The smallest absolute Gasteiger partial charge is 0.336 e. The van der Waals surface area contributed by atoms with Crippen LogP contribution in [0.25, 0.3) is 0 Å². The molecule has 1 aliphatic heterocycles. The molecule has 1 unspecified atom stereocenters. The fourth-order valence-corrected chi connectivity index (χ4v) is 5.30. The van der Waals surface area contributed by atoms with Crippen molar-refractivity contribution in [1.29, 1.82) is 0 Å². The Morgan fingerprint density at radius 1 is 1.27 bits per heavy atom. The van der Waals surface area contributed by atoms with Gasteiger partial charge >= 0.3 is 5.97 Å². The largest absolute Gasteiger partial charge is 0.429 e. The number of hydrogen-bond acceptors (Lipinski definition) is 5. The predicted molar refractivity (Wildman–Crippen MR) is 97.1 cm³/mol. The zero-order valence-corrected chi connectivity index (χ0v) is 16.4. The number of ketones is 1. The Morgan fingerprint density at radius 3 is 2.58 bits per heavy atom. The lowest BCUT2D eigenvalue weighted by molar-refractivity contribution is -0.155. The van der Waals surface area contributed by atoms with Crippen molar-refractivity contribution in [3.05, 3.63) is 22.8 Å². The monoisotopic (exact) mass is 362 g/mol. The van der Waals surface area contributed by atoms with Crippen LogP contribution in [0.2, 0.25) is 0 Å². The highest BCUT2D eigenvalue weighted by atomic mass is 16.7. The van der Waals surface area contributed by atoms with E-state index < -0.39 is 6.29 Å². The molecule has 0 radical (unpaired) electrons. The number of rotatable bonds is 4. The summed E-state index contributed by atoms with van der Waals surface area (Å²) in [6.45, 7) is 8.29. The molecule has 5 heteroatoms. The molecule has 0 bridgehead atoms. The molecule has 1 saturated carbocycles. The molecule has 0 amide bonds. The Kier molecular flexibility index (Phi) is 4.91. The second-order valence-corrected chi connectivity index (χ2v) is 8.78. The van der Waals surface area contributed by atoms with Gasteiger partial charge < -0.3 is 14.6 Å². The van der Waals surface area contributed by atoms with Crippen LogP contribution in [-0.4, -0.2) is 36.4 Å². The summed E-state index contributed by atoms with van der Waals surface area (Å²) in [7, 11) is 1.50. The van der Waals surface area contributed by atoms with Crippen LogP contribution in [0.15, 0.2) is 22.8 Å². The third-order valence-electron chi connectivity index (χ3n) is 7.11. The molecule has 2 aliphatic carbocycles. The van der Waals surface area contributed by atoms with Crippen LogP contribution in [0, 0.1) is 16.7 Å². The van der Waals surface area contributed by atoms with Crippen molar-refractivity contribution in [3.63, 3.8) is 0 Å². The van der Waals surface area contributed by atoms with Gasteiger partial charge in [-0.25, -0.2) is 4.79 Å². The van der Waals surface area contributed by atoms with Gasteiger partial charge in [-0.3, -0.25) is 4.79 Å². The molecular formula is C21H30O5. The number of fused-ring (bicyclic) bond motifs is 1. The lowest BCUT2D eigenvalue weighted by Gasteiger charge is -2.56. The van der Waals surface area contributed by atoms with E-state index in [0.717, 1.165) is 24.0 Å². The van der Waals surface area contributed by atoms with Gasteiger partial charge in [0.2, 0.25) is 6.29 Å². The summed E-state index contributed by atoms with van der Waals surface area (Å²) in [6, 6.07) is 0. The Bertz CT molecular complexity index is 687. The van der Waals surface area contributed by atoms with Crippen LogP contribution >= 0.6 is 0 Å². The third kappa shape index (κ3) is 2.95. The molecule has 0 aromatic heterocycles. The lowest BCUT2D eigenvalue weighted by atomic mass is 9.49. The number of esters is 1. The number of methoxy groups -OCH3 is 1. The van der Waals surface area contributed by atoms with Gasteiger partial charge in [-0.15, -0.1) is 0 Å². The first-order chi connectivity index (χ1) is 12.1. The first kappa shape index (κ1) is 19.3. The van der Waals surface area contributed by atoms with E-state index in [9.17, 15) is 14.7 Å². The number of allylic oxidation sites excluding steroid dienone is 2. The molecule has 1 fully saturated rings. The second-order valence-electron chi connectivity index (χ2n) is 8.78. The van der Waals surface area contributed by atoms with Gasteiger partial charge in [0.15, 0.2) is 5.78 Å². The van der Waals surface area contributed by atoms with E-state index in [-0.39, 0.29) is 34.6 Å². The number of ether oxygens (including phenoxy) is 2. The summed E-state index contributed by atoms with van der Waals surface area (Å²) in [5.74, 6) is -0.0538. The lowest BCUT2D eigenvalue weighted by Crippen LogP contribution is -2.53. The van der Waals surface area contributed by atoms with E-state index in [4.69, 9.17) is 9.47 Å². The fourth-order valence-electron chi connectivity index (χ4n) is 5.30. The van der Waals surface area contributed by atoms with E-state index in [1.165, 1.54) is 7.11 Å². The predicted octanol–water partition coefficient (Wildman–Crippen LogP) is 3.32. The molecule has 1 heterocycles. The molecule has 0 aromatic rings. The van der Waals surface area contributed by atoms with E-state index >= 15 is 0 Å². The molecule has 3 rings (SSSR count). The highest BCUT2D eigenvalue weighted by Gasteiger charge is 2.55. The Hall–Kier alpha value is -1.46. The number of cyclic esters (lactones) is 1. The van der Waals surface area contributed by atoms with Gasteiger partial charge in [-0.2, -0.15) is 0 Å². The minimum absolute atomic E-state index is 0.112. The van der Waals surface area contributed by atoms with Crippen molar-refractivity contribution in [2.24, 2.45) is 16.7 Å². The van der Waals surface area contributed by atoms with Crippen molar-refractivity contribution < 1.29 is 24.2 Å². The van der Waals surface area contributed by atoms with E-state index in [1.807, 2.05) is 6.92 Å². The summed E-state index contributed by atoms with van der Waals surface area (Å²) in [5.41, 5.74) is 2.18. The average Bonchev–Trinajstić information content (AvgIpc) is 2.95. The van der Waals surface area contributed by atoms with Gasteiger partial charge in [-0.1, -0.05) is 26.3 Å². The maximum Gasteiger partial charge on any atom is 0.336 e. The number of aliphatic hydroxyl groups is 1. The molecule has 0 spiro atoms. The van der Waals surface area contributed by atoms with Crippen LogP contribution < -0.4 is 0 Å². The van der Waals surface area contributed by atoms with E-state index in [0.29, 0.717) is 24.8 Å². The van der Waals surface area contributed by atoms with Crippen LogP contribution in [-0.2, 0) is 19.1 Å². The topological polar surface area (TPSA) is 72.8 Å². The first-order valence-electron chi connectivity index (χ1n) is 9.47. The summed E-state index contributed by atoms with van der Waals surface area (Å²) < 4.78 is 10.2. The van der Waals surface area contributed by atoms with Crippen LogP contribution in [0.4, 0.5) is 0 Å². The number of carbonyl (C=O) groups excluding carboxylic acids is 2. The SMILES string of the molecule is COC1C=C(CCC2=C(C)C(=O)C[C@H]3C(C)(C)[C@H](O)CC[C@]23C)C(=O)O1. The Labute approximate surface area is 155 Å². The van der Waals surface area contributed by atoms with E-state index in [2.05, 4.69) is 20.8 Å². The van der Waals surface area contributed by atoms with Gasteiger partial charge in [0.1, 0.15) is 0 Å². The molecule has 3 aliphatic rings. The molecule has 0 saturated heterocycles. The third-order valence-corrected chi connectivity index (χ3v) is 7.11. The zero-order chi connectivity index (χ0) is 19.3. The quantitative estimate of drug-likeness (QED) is 0.777. The minimum atomic E-state index is -0.604. The molecule has 1 N–H and O–H groups in total. The Balaban J connectivity index is 1.88. The highest BCUT2D eigenvalue weighted by molar-refractivity contribution is 5.97. The normalized spacial score (nSPS) is 36.7. The number of aliphatic hydroxyl groups excluding tert-OH is 1. The molecule has 4 atom stereocenters. The number of hydrogen-bond donors (Lipinski definition) is 1. The maximum absolute atomic E-state index is 12.7. The highest BCUT2D eigenvalue weighted by Crippen LogP contribution is 2.59. The fraction of sp³-hybridized carbons (Fsp3) is 0.714. The van der Waals surface area contributed by atoms with Crippen molar-refractivity contribution in [1.82, 2.24) is 0 Å². The summed E-state index contributed by atoms with van der Waals surface area (Å²) in [5, 5.41) is 10.5. The average molecular weight is 362 g/mol. The van der Waals surface area contributed by atoms with Crippen molar-refractivity contribution in [3.8, 4) is 0 Å². The molecule has 144 valence electrons. The van der Waals surface area contributed by atoms with Gasteiger partial charge in [0.05, 0.1) is 6.10 Å². The van der Waals surface area contributed by atoms with Gasteiger partial charge in [-0.05, 0) is 61.0 Å². The molecule has 26 heavy (non-hydrogen) atoms. The van der Waals surface area contributed by atoms with Crippen molar-refractivity contribution in [2.45, 2.75) is 72.2 Å². The molecule has 0 aromatic carbocycles. The summed E-state index contributed by atoms with van der Waals surface area (Å²) >= 11 is 0.